The van der Waals surface area contributed by atoms with Gasteiger partial charge in [0.25, 0.3) is 0 Å². The first-order valence-corrected chi connectivity index (χ1v) is 12.4. The minimum atomic E-state index is -0.692. The van der Waals surface area contributed by atoms with Crippen molar-refractivity contribution in [1.29, 1.82) is 0 Å². The summed E-state index contributed by atoms with van der Waals surface area (Å²) in [4.78, 5) is 0. The van der Waals surface area contributed by atoms with Crippen molar-refractivity contribution in [2.45, 2.75) is 76.2 Å². The van der Waals surface area contributed by atoms with E-state index in [4.69, 9.17) is 9.47 Å². The summed E-state index contributed by atoms with van der Waals surface area (Å²) in [5, 5.41) is 0. The van der Waals surface area contributed by atoms with Crippen molar-refractivity contribution in [3.05, 3.63) is 83.9 Å². The van der Waals surface area contributed by atoms with Crippen LogP contribution in [0.25, 0.3) is 0 Å². The summed E-state index contributed by atoms with van der Waals surface area (Å²) in [7, 11) is 0. The van der Waals surface area contributed by atoms with Gasteiger partial charge in [0.1, 0.15) is 11.6 Å². The van der Waals surface area contributed by atoms with Crippen LogP contribution in [0.5, 0.6) is 0 Å². The molecule has 5 heteroatoms. The SMILES string of the molecule is C=CC1CCC(c2ccc(C3CCC(OCC(=C)/C(F)=C\C(=C)OCC)CC3)c(F)c2F)CC1. The molecule has 0 aromatic heterocycles. The van der Waals surface area contributed by atoms with Crippen LogP contribution in [0.1, 0.15) is 81.3 Å². The molecule has 0 radical (unpaired) electrons. The average Bonchev–Trinajstić information content (AvgIpc) is 2.85. The number of allylic oxidation sites excluding steroid dienone is 2. The maximum atomic E-state index is 15.0. The van der Waals surface area contributed by atoms with Gasteiger partial charge in [0.15, 0.2) is 11.6 Å². The molecule has 2 nitrogen and oxygen atoms in total. The van der Waals surface area contributed by atoms with E-state index in [1.54, 1.807) is 19.1 Å². The molecule has 186 valence electrons. The summed E-state index contributed by atoms with van der Waals surface area (Å²) in [6.45, 7) is 13.5. The van der Waals surface area contributed by atoms with E-state index in [-0.39, 0.29) is 35.9 Å². The van der Waals surface area contributed by atoms with E-state index in [1.165, 1.54) is 6.08 Å². The Hall–Kier alpha value is -2.27. The van der Waals surface area contributed by atoms with Gasteiger partial charge in [-0.3, -0.25) is 0 Å². The van der Waals surface area contributed by atoms with Crippen LogP contribution in [0.3, 0.4) is 0 Å². The average molecular weight is 475 g/mol. The van der Waals surface area contributed by atoms with Gasteiger partial charge in [0.2, 0.25) is 0 Å². The van der Waals surface area contributed by atoms with Crippen LogP contribution in [0.2, 0.25) is 0 Å². The third kappa shape index (κ3) is 6.65. The standard InChI is InChI=1S/C29H37F3O2/c1-5-21-7-9-22(10-8-21)25-15-16-26(29(32)28(25)31)23-11-13-24(14-12-23)34-18-19(3)27(30)17-20(4)33-6-2/h5,15-17,21-24H,1,3-4,6-14,18H2,2H3/b27-17+. The molecule has 2 fully saturated rings. The molecule has 0 unspecified atom stereocenters. The van der Waals surface area contributed by atoms with E-state index >= 15 is 4.39 Å². The largest absolute Gasteiger partial charge is 0.494 e. The molecule has 2 saturated carbocycles. The number of hydrogen-bond acceptors (Lipinski definition) is 2. The molecule has 1 aromatic rings. The number of benzene rings is 1. The van der Waals surface area contributed by atoms with Crippen LogP contribution >= 0.6 is 0 Å². The molecular weight excluding hydrogens is 437 g/mol. The summed E-state index contributed by atoms with van der Waals surface area (Å²) in [5.74, 6) is -1.10. The van der Waals surface area contributed by atoms with Gasteiger partial charge < -0.3 is 9.47 Å². The number of rotatable bonds is 10. The topological polar surface area (TPSA) is 18.5 Å². The predicted molar refractivity (Wildman–Crippen MR) is 131 cm³/mol. The Morgan fingerprint density at radius 2 is 1.47 bits per heavy atom. The number of hydrogen-bond donors (Lipinski definition) is 0. The van der Waals surface area contributed by atoms with Gasteiger partial charge in [0.05, 0.1) is 19.3 Å². The van der Waals surface area contributed by atoms with E-state index in [2.05, 4.69) is 19.7 Å². The Bertz CT molecular complexity index is 904. The summed E-state index contributed by atoms with van der Waals surface area (Å²) >= 11 is 0. The van der Waals surface area contributed by atoms with Gasteiger partial charge >= 0.3 is 0 Å². The van der Waals surface area contributed by atoms with Crippen LogP contribution in [0.4, 0.5) is 13.2 Å². The Labute approximate surface area is 202 Å². The molecule has 0 amide bonds. The maximum Gasteiger partial charge on any atom is 0.162 e. The first-order chi connectivity index (χ1) is 16.3. The Kier molecular flexibility index (Phi) is 9.63. The molecule has 1 aromatic carbocycles. The van der Waals surface area contributed by atoms with Crippen molar-refractivity contribution in [3.8, 4) is 0 Å². The number of ether oxygens (including phenoxy) is 2. The fourth-order valence-electron chi connectivity index (χ4n) is 5.17. The Morgan fingerprint density at radius 1 is 0.941 bits per heavy atom. The fraction of sp³-hybridized carbons (Fsp3) is 0.517. The van der Waals surface area contributed by atoms with Crippen molar-refractivity contribution in [2.75, 3.05) is 13.2 Å². The first-order valence-electron chi connectivity index (χ1n) is 12.4. The lowest BCUT2D eigenvalue weighted by Crippen LogP contribution is -2.22. The molecular formula is C29H37F3O2. The lowest BCUT2D eigenvalue weighted by Gasteiger charge is -2.30. The van der Waals surface area contributed by atoms with Crippen LogP contribution in [-0.2, 0) is 9.47 Å². The predicted octanol–water partition coefficient (Wildman–Crippen LogP) is 8.43. The monoisotopic (exact) mass is 474 g/mol. The molecule has 0 saturated heterocycles. The van der Waals surface area contributed by atoms with Crippen molar-refractivity contribution in [1.82, 2.24) is 0 Å². The van der Waals surface area contributed by atoms with Crippen LogP contribution < -0.4 is 0 Å². The highest BCUT2D eigenvalue weighted by molar-refractivity contribution is 5.32. The van der Waals surface area contributed by atoms with Gasteiger partial charge in [-0.15, -0.1) is 6.58 Å². The molecule has 34 heavy (non-hydrogen) atoms. The molecule has 0 heterocycles. The summed E-state index contributed by atoms with van der Waals surface area (Å²) in [6.07, 6.45) is 9.66. The Morgan fingerprint density at radius 3 is 1.97 bits per heavy atom. The zero-order chi connectivity index (χ0) is 24.7. The van der Waals surface area contributed by atoms with E-state index in [9.17, 15) is 8.78 Å². The van der Waals surface area contributed by atoms with Crippen LogP contribution in [0, 0.1) is 17.6 Å². The van der Waals surface area contributed by atoms with Crippen molar-refractivity contribution < 1.29 is 22.6 Å². The van der Waals surface area contributed by atoms with E-state index in [0.717, 1.165) is 25.7 Å². The van der Waals surface area contributed by atoms with Gasteiger partial charge in [0, 0.05) is 11.6 Å². The zero-order valence-electron chi connectivity index (χ0n) is 20.3. The molecule has 0 atom stereocenters. The molecule has 0 N–H and O–H groups in total. The first kappa shape index (κ1) is 26.3. The highest BCUT2D eigenvalue weighted by Gasteiger charge is 2.29. The van der Waals surface area contributed by atoms with E-state index in [0.29, 0.717) is 49.3 Å². The van der Waals surface area contributed by atoms with Crippen LogP contribution in [-0.4, -0.2) is 19.3 Å². The van der Waals surface area contributed by atoms with Gasteiger partial charge in [-0.1, -0.05) is 31.4 Å². The highest BCUT2D eigenvalue weighted by atomic mass is 19.2. The second-order valence-electron chi connectivity index (χ2n) is 9.50. The van der Waals surface area contributed by atoms with E-state index < -0.39 is 17.5 Å². The van der Waals surface area contributed by atoms with E-state index in [1.807, 2.05) is 6.08 Å². The molecule has 0 aliphatic heterocycles. The Balaban J connectivity index is 1.52. The van der Waals surface area contributed by atoms with Gasteiger partial charge in [-0.2, -0.15) is 0 Å². The summed E-state index contributed by atoms with van der Waals surface area (Å²) in [5.41, 5.74) is 1.21. The van der Waals surface area contributed by atoms with Gasteiger partial charge in [-0.25, -0.2) is 13.2 Å². The van der Waals surface area contributed by atoms with Crippen molar-refractivity contribution in [2.24, 2.45) is 5.92 Å². The molecule has 0 spiro atoms. The fourth-order valence-corrected chi connectivity index (χ4v) is 5.17. The summed E-state index contributed by atoms with van der Waals surface area (Å²) < 4.78 is 55.2. The molecule has 2 aliphatic rings. The second kappa shape index (κ2) is 12.4. The quantitative estimate of drug-likeness (QED) is 0.192. The van der Waals surface area contributed by atoms with Crippen molar-refractivity contribution >= 4 is 0 Å². The second-order valence-corrected chi connectivity index (χ2v) is 9.50. The number of halogens is 3. The molecule has 3 rings (SSSR count). The molecule has 0 bridgehead atoms. The lowest BCUT2D eigenvalue weighted by molar-refractivity contribution is 0.0382. The molecule has 2 aliphatic carbocycles. The zero-order valence-corrected chi connectivity index (χ0v) is 20.3. The minimum absolute atomic E-state index is 0.0331. The van der Waals surface area contributed by atoms with Crippen molar-refractivity contribution in [3.63, 3.8) is 0 Å². The minimum Gasteiger partial charge on any atom is -0.494 e. The normalized spacial score (nSPS) is 25.6. The maximum absolute atomic E-state index is 15.0. The lowest BCUT2D eigenvalue weighted by atomic mass is 9.77. The summed E-state index contributed by atoms with van der Waals surface area (Å²) in [6, 6.07) is 3.58. The third-order valence-electron chi connectivity index (χ3n) is 7.25. The highest BCUT2D eigenvalue weighted by Crippen LogP contribution is 2.41. The van der Waals surface area contributed by atoms with Gasteiger partial charge in [-0.05, 0) is 87.2 Å². The third-order valence-corrected chi connectivity index (χ3v) is 7.25. The smallest absolute Gasteiger partial charge is 0.162 e. The van der Waals surface area contributed by atoms with Crippen LogP contribution in [0.15, 0.2) is 61.2 Å².